The number of piperidine rings is 1. The number of hydrogen-bond donors (Lipinski definition) is 1. The molecular formula is C28H34ClN3O3. The van der Waals surface area contributed by atoms with E-state index in [9.17, 15) is 9.90 Å². The van der Waals surface area contributed by atoms with Crippen molar-refractivity contribution in [1.29, 1.82) is 0 Å². The second kappa shape index (κ2) is 10.5. The molecule has 6 nitrogen and oxygen atoms in total. The lowest BCUT2D eigenvalue weighted by atomic mass is 9.70. The van der Waals surface area contributed by atoms with Crippen LogP contribution in [0.3, 0.4) is 0 Å². The third-order valence-electron chi connectivity index (χ3n) is 7.25. The smallest absolute Gasteiger partial charge is 0.309 e. The molecule has 2 aromatic carbocycles. The average molecular weight is 496 g/mol. The molecule has 3 aromatic rings. The highest BCUT2D eigenvalue weighted by Gasteiger charge is 2.43. The maximum absolute atomic E-state index is 11.9. The van der Waals surface area contributed by atoms with Crippen LogP contribution in [0.1, 0.15) is 51.7 Å². The molecule has 1 fully saturated rings. The first-order valence-electron chi connectivity index (χ1n) is 12.4. The number of likely N-dealkylation sites (tertiary alicyclic amines) is 1. The average Bonchev–Trinajstić information content (AvgIpc) is 3.31. The molecular weight excluding hydrogens is 462 g/mol. The van der Waals surface area contributed by atoms with Crippen molar-refractivity contribution >= 4 is 17.6 Å². The molecule has 2 heterocycles. The molecule has 0 bridgehead atoms. The van der Waals surface area contributed by atoms with E-state index in [1.807, 2.05) is 44.2 Å². The maximum Gasteiger partial charge on any atom is 0.309 e. The molecule has 1 saturated heterocycles. The van der Waals surface area contributed by atoms with Gasteiger partial charge in [-0.1, -0.05) is 74.8 Å². The zero-order valence-corrected chi connectivity index (χ0v) is 21.7. The van der Waals surface area contributed by atoms with Gasteiger partial charge in [-0.3, -0.25) is 9.69 Å². The third kappa shape index (κ3) is 5.60. The summed E-state index contributed by atoms with van der Waals surface area (Å²) in [4.78, 5) is 18.8. The van der Waals surface area contributed by atoms with Gasteiger partial charge in [0.15, 0.2) is 0 Å². The minimum Gasteiger partial charge on any atom is -0.481 e. The summed E-state index contributed by atoms with van der Waals surface area (Å²) in [6, 6.07) is 14.0. The largest absolute Gasteiger partial charge is 0.481 e. The van der Waals surface area contributed by atoms with Crippen LogP contribution in [0.15, 0.2) is 47.0 Å². The van der Waals surface area contributed by atoms with Crippen LogP contribution in [-0.2, 0) is 17.8 Å². The van der Waals surface area contributed by atoms with Crippen molar-refractivity contribution in [2.45, 2.75) is 53.5 Å². The molecule has 1 N–H and O–H groups in total. The standard InChI is InChI=1S/C28H34ClN3O3/c1-18(2)15-22-9-10-23(16-24(22)29)26-30-25(31-35-26)21-7-5-20(6-8-21)17-32-13-11-28(12-14-32,19(3)4)27(33)34/h5-10,16,18-19H,11-15,17H2,1-4H3,(H,33,34). The minimum atomic E-state index is -0.662. The lowest BCUT2D eigenvalue weighted by Gasteiger charge is -2.41. The summed E-state index contributed by atoms with van der Waals surface area (Å²) in [5.41, 5.74) is 3.39. The number of aliphatic carboxylic acids is 1. The zero-order valence-electron chi connectivity index (χ0n) is 20.9. The Morgan fingerprint density at radius 2 is 1.74 bits per heavy atom. The summed E-state index contributed by atoms with van der Waals surface area (Å²) in [5.74, 6) is 0.988. The molecule has 35 heavy (non-hydrogen) atoms. The van der Waals surface area contributed by atoms with Crippen molar-refractivity contribution in [2.24, 2.45) is 17.3 Å². The number of carboxylic acids is 1. The lowest BCUT2D eigenvalue weighted by Crippen LogP contribution is -2.47. The Morgan fingerprint density at radius 1 is 1.09 bits per heavy atom. The van der Waals surface area contributed by atoms with Gasteiger partial charge >= 0.3 is 5.97 Å². The number of halogens is 1. The van der Waals surface area contributed by atoms with E-state index >= 15 is 0 Å². The monoisotopic (exact) mass is 495 g/mol. The van der Waals surface area contributed by atoms with Crippen molar-refractivity contribution in [3.63, 3.8) is 0 Å². The first-order chi connectivity index (χ1) is 16.7. The fraction of sp³-hybridized carbons (Fsp3) is 0.464. The number of aromatic nitrogens is 2. The molecule has 0 spiro atoms. The molecule has 1 aliphatic rings. The third-order valence-corrected chi connectivity index (χ3v) is 7.60. The number of carbonyl (C=O) groups is 1. The van der Waals surface area contributed by atoms with Gasteiger partial charge < -0.3 is 9.63 Å². The van der Waals surface area contributed by atoms with Gasteiger partial charge in [-0.15, -0.1) is 0 Å². The quantitative estimate of drug-likeness (QED) is 0.380. The summed E-state index contributed by atoms with van der Waals surface area (Å²) in [7, 11) is 0. The zero-order chi connectivity index (χ0) is 25.2. The molecule has 0 amide bonds. The van der Waals surface area contributed by atoms with Crippen molar-refractivity contribution in [3.05, 3.63) is 58.6 Å². The molecule has 0 radical (unpaired) electrons. The van der Waals surface area contributed by atoms with Gasteiger partial charge in [-0.05, 0) is 67.4 Å². The SMILES string of the molecule is CC(C)Cc1ccc(-c2nc(-c3ccc(CN4CCC(C(=O)O)(C(C)C)CC4)cc3)no2)cc1Cl. The summed E-state index contributed by atoms with van der Waals surface area (Å²) in [5, 5.41) is 14.6. The van der Waals surface area contributed by atoms with Gasteiger partial charge in [0.25, 0.3) is 5.89 Å². The van der Waals surface area contributed by atoms with Gasteiger partial charge in [0, 0.05) is 22.7 Å². The minimum absolute atomic E-state index is 0.135. The number of nitrogens with zero attached hydrogens (tertiary/aromatic N) is 3. The molecule has 0 atom stereocenters. The van der Waals surface area contributed by atoms with Crippen LogP contribution < -0.4 is 0 Å². The predicted octanol–water partition coefficient (Wildman–Crippen LogP) is 6.58. The van der Waals surface area contributed by atoms with Crippen LogP contribution in [0.4, 0.5) is 0 Å². The Labute approximate surface area is 212 Å². The van der Waals surface area contributed by atoms with E-state index in [0.717, 1.165) is 42.7 Å². The Balaban J connectivity index is 1.40. The van der Waals surface area contributed by atoms with Crippen molar-refractivity contribution in [2.75, 3.05) is 13.1 Å². The number of carboxylic acid groups (broad SMARTS) is 1. The highest BCUT2D eigenvalue weighted by Crippen LogP contribution is 2.39. The predicted molar refractivity (Wildman–Crippen MR) is 138 cm³/mol. The summed E-state index contributed by atoms with van der Waals surface area (Å²) >= 11 is 6.47. The molecule has 7 heteroatoms. The Kier molecular flexibility index (Phi) is 7.62. The topological polar surface area (TPSA) is 79.5 Å². The summed E-state index contributed by atoms with van der Waals surface area (Å²) in [6.07, 6.45) is 2.30. The van der Waals surface area contributed by atoms with E-state index < -0.39 is 11.4 Å². The molecule has 0 unspecified atom stereocenters. The second-order valence-corrected chi connectivity index (χ2v) is 10.8. The first-order valence-corrected chi connectivity index (χ1v) is 12.7. The number of benzene rings is 2. The van der Waals surface area contributed by atoms with Crippen LogP contribution in [0, 0.1) is 17.3 Å². The second-order valence-electron chi connectivity index (χ2n) is 10.4. The van der Waals surface area contributed by atoms with E-state index in [4.69, 9.17) is 16.1 Å². The number of rotatable bonds is 8. The molecule has 1 aromatic heterocycles. The number of hydrogen-bond acceptors (Lipinski definition) is 5. The van der Waals surface area contributed by atoms with E-state index in [1.165, 1.54) is 5.56 Å². The Hall–Kier alpha value is -2.70. The molecule has 186 valence electrons. The summed E-state index contributed by atoms with van der Waals surface area (Å²) < 4.78 is 5.51. The Bertz CT molecular complexity index is 1160. The van der Waals surface area contributed by atoms with Crippen molar-refractivity contribution < 1.29 is 14.4 Å². The van der Waals surface area contributed by atoms with Gasteiger partial charge in [0.05, 0.1) is 5.41 Å². The highest BCUT2D eigenvalue weighted by atomic mass is 35.5. The fourth-order valence-corrected chi connectivity index (χ4v) is 5.17. The van der Waals surface area contributed by atoms with Crippen LogP contribution in [-0.4, -0.2) is 39.2 Å². The van der Waals surface area contributed by atoms with Gasteiger partial charge in [0.2, 0.25) is 5.82 Å². The maximum atomic E-state index is 11.9. The van der Waals surface area contributed by atoms with E-state index in [2.05, 4.69) is 41.0 Å². The molecule has 1 aliphatic heterocycles. The van der Waals surface area contributed by atoms with Gasteiger partial charge in [0.1, 0.15) is 0 Å². The molecule has 0 saturated carbocycles. The van der Waals surface area contributed by atoms with Gasteiger partial charge in [-0.2, -0.15) is 4.98 Å². The van der Waals surface area contributed by atoms with Crippen molar-refractivity contribution in [3.8, 4) is 22.8 Å². The molecule has 4 rings (SSSR count). The van der Waals surface area contributed by atoms with Crippen LogP contribution in [0.25, 0.3) is 22.8 Å². The fourth-order valence-electron chi connectivity index (χ4n) is 4.91. The molecule has 0 aliphatic carbocycles. The van der Waals surface area contributed by atoms with Crippen LogP contribution in [0.2, 0.25) is 5.02 Å². The van der Waals surface area contributed by atoms with Crippen LogP contribution in [0.5, 0.6) is 0 Å². The van der Waals surface area contributed by atoms with E-state index in [-0.39, 0.29) is 5.92 Å². The summed E-state index contributed by atoms with van der Waals surface area (Å²) in [6.45, 7) is 10.8. The first kappa shape index (κ1) is 25.4. The van der Waals surface area contributed by atoms with Crippen molar-refractivity contribution in [1.82, 2.24) is 15.0 Å². The Morgan fingerprint density at radius 3 is 2.31 bits per heavy atom. The highest BCUT2D eigenvalue weighted by molar-refractivity contribution is 6.31. The van der Waals surface area contributed by atoms with E-state index in [0.29, 0.717) is 35.5 Å². The lowest BCUT2D eigenvalue weighted by molar-refractivity contribution is -0.155. The van der Waals surface area contributed by atoms with E-state index in [1.54, 1.807) is 0 Å². The normalized spacial score (nSPS) is 16.2. The van der Waals surface area contributed by atoms with Gasteiger partial charge in [-0.25, -0.2) is 0 Å². The van der Waals surface area contributed by atoms with Crippen LogP contribution >= 0.6 is 11.6 Å².